The molecule has 0 saturated heterocycles. The van der Waals surface area contributed by atoms with Gasteiger partial charge in [-0.15, -0.1) is 11.8 Å². The van der Waals surface area contributed by atoms with Gasteiger partial charge < -0.3 is 10.2 Å². The average Bonchev–Trinajstić information content (AvgIpc) is 2.18. The van der Waals surface area contributed by atoms with Crippen LogP contribution < -0.4 is 0 Å². The Balaban J connectivity index is 2.57. The Morgan fingerprint density at radius 3 is 2.43 bits per heavy atom. The lowest BCUT2D eigenvalue weighted by Crippen LogP contribution is -2.29. The number of rotatable bonds is 4. The van der Waals surface area contributed by atoms with Crippen molar-refractivity contribution in [2.24, 2.45) is 0 Å². The molecule has 2 atom stereocenters. The normalized spacial score (nSPS) is 14.7. The van der Waals surface area contributed by atoms with Gasteiger partial charge in [0.1, 0.15) is 0 Å². The largest absolute Gasteiger partial charge is 0.479 e. The van der Waals surface area contributed by atoms with Crippen molar-refractivity contribution in [2.45, 2.75) is 23.2 Å². The Hall–Kier alpha value is -1.00. The molecule has 14 heavy (non-hydrogen) atoms. The lowest BCUT2D eigenvalue weighted by molar-refractivity contribution is -0.146. The van der Waals surface area contributed by atoms with E-state index in [1.165, 1.54) is 11.8 Å². The minimum absolute atomic E-state index is 0.352. The minimum atomic E-state index is -1.32. The molecule has 0 aliphatic carbocycles. The van der Waals surface area contributed by atoms with E-state index in [0.29, 0.717) is 0 Å². The van der Waals surface area contributed by atoms with Crippen molar-refractivity contribution in [3.8, 4) is 0 Å². The van der Waals surface area contributed by atoms with E-state index in [2.05, 4.69) is 0 Å². The van der Waals surface area contributed by atoms with Gasteiger partial charge in [-0.2, -0.15) is 0 Å². The van der Waals surface area contributed by atoms with Gasteiger partial charge in [-0.25, -0.2) is 4.79 Å². The highest BCUT2D eigenvalue weighted by Gasteiger charge is 2.22. The van der Waals surface area contributed by atoms with Crippen molar-refractivity contribution in [1.29, 1.82) is 0 Å². The molecule has 0 aliphatic rings. The van der Waals surface area contributed by atoms with Crippen LogP contribution in [0.5, 0.6) is 0 Å². The van der Waals surface area contributed by atoms with Crippen LogP contribution in [0.4, 0.5) is 0 Å². The molecule has 0 heterocycles. The van der Waals surface area contributed by atoms with E-state index in [9.17, 15) is 9.90 Å². The summed E-state index contributed by atoms with van der Waals surface area (Å²) in [5.74, 6) is -1.18. The third-order valence-corrected chi connectivity index (χ3v) is 2.94. The van der Waals surface area contributed by atoms with Crippen LogP contribution in [0, 0.1) is 0 Å². The smallest absolute Gasteiger partial charge is 0.333 e. The number of aliphatic hydroxyl groups is 1. The zero-order valence-electron chi connectivity index (χ0n) is 7.75. The summed E-state index contributed by atoms with van der Waals surface area (Å²) in [5, 5.41) is 17.5. The van der Waals surface area contributed by atoms with E-state index in [-0.39, 0.29) is 5.25 Å². The van der Waals surface area contributed by atoms with Crippen LogP contribution in [-0.2, 0) is 4.79 Å². The SMILES string of the molecule is C[C@@H](Sc1ccccc1)[C@@H](O)C(=O)O. The molecule has 1 rings (SSSR count). The topological polar surface area (TPSA) is 57.5 Å². The molecule has 1 aromatic carbocycles. The number of hydrogen-bond donors (Lipinski definition) is 2. The maximum atomic E-state index is 10.5. The fourth-order valence-corrected chi connectivity index (χ4v) is 1.97. The molecule has 0 bridgehead atoms. The Morgan fingerprint density at radius 1 is 1.36 bits per heavy atom. The predicted octanol–water partition coefficient (Wildman–Crippen LogP) is 1.61. The fraction of sp³-hybridized carbons (Fsp3) is 0.300. The number of aliphatic hydroxyl groups excluding tert-OH is 1. The summed E-state index contributed by atoms with van der Waals surface area (Å²) >= 11 is 1.35. The van der Waals surface area contributed by atoms with Gasteiger partial charge in [0.25, 0.3) is 0 Å². The minimum Gasteiger partial charge on any atom is -0.479 e. The number of carboxylic acids is 1. The quantitative estimate of drug-likeness (QED) is 0.744. The van der Waals surface area contributed by atoms with Crippen LogP contribution in [0.15, 0.2) is 35.2 Å². The van der Waals surface area contributed by atoms with Crippen molar-refractivity contribution >= 4 is 17.7 Å². The van der Waals surface area contributed by atoms with E-state index in [0.717, 1.165) is 4.90 Å². The summed E-state index contributed by atoms with van der Waals surface area (Å²) in [6, 6.07) is 9.41. The summed E-state index contributed by atoms with van der Waals surface area (Å²) in [6.07, 6.45) is -1.32. The molecule has 0 saturated carbocycles. The molecule has 76 valence electrons. The molecule has 0 aliphatic heterocycles. The molecule has 0 amide bonds. The van der Waals surface area contributed by atoms with Crippen LogP contribution in [-0.4, -0.2) is 27.5 Å². The van der Waals surface area contributed by atoms with Crippen LogP contribution >= 0.6 is 11.8 Å². The Bertz CT molecular complexity index is 299. The first-order valence-corrected chi connectivity index (χ1v) is 5.12. The van der Waals surface area contributed by atoms with Gasteiger partial charge >= 0.3 is 5.97 Å². The summed E-state index contributed by atoms with van der Waals surface area (Å²) in [7, 11) is 0. The third-order valence-electron chi connectivity index (χ3n) is 1.76. The third kappa shape index (κ3) is 3.05. The standard InChI is InChI=1S/C10H12O3S/c1-7(9(11)10(12)13)14-8-5-3-2-4-6-8/h2-7,9,11H,1H3,(H,12,13)/t7-,9-/m1/s1. The summed E-state index contributed by atoms with van der Waals surface area (Å²) in [5.41, 5.74) is 0. The van der Waals surface area contributed by atoms with E-state index in [1.807, 2.05) is 30.3 Å². The second-order valence-corrected chi connectivity index (χ2v) is 4.37. The van der Waals surface area contributed by atoms with Gasteiger partial charge in [-0.3, -0.25) is 0 Å². The lowest BCUT2D eigenvalue weighted by Gasteiger charge is -2.13. The van der Waals surface area contributed by atoms with Crippen LogP contribution in [0.25, 0.3) is 0 Å². The molecule has 0 aromatic heterocycles. The number of thioether (sulfide) groups is 1. The number of benzene rings is 1. The summed E-state index contributed by atoms with van der Waals surface area (Å²) in [4.78, 5) is 11.4. The maximum Gasteiger partial charge on any atom is 0.333 e. The van der Waals surface area contributed by atoms with Crippen LogP contribution in [0.1, 0.15) is 6.92 Å². The zero-order chi connectivity index (χ0) is 10.6. The molecule has 0 spiro atoms. The van der Waals surface area contributed by atoms with Gasteiger partial charge in [-0.1, -0.05) is 18.2 Å². The van der Waals surface area contributed by atoms with E-state index >= 15 is 0 Å². The van der Waals surface area contributed by atoms with Gasteiger partial charge in [0.15, 0.2) is 6.10 Å². The van der Waals surface area contributed by atoms with Crippen molar-refractivity contribution < 1.29 is 15.0 Å². The van der Waals surface area contributed by atoms with E-state index in [4.69, 9.17) is 5.11 Å². The second-order valence-electron chi connectivity index (χ2n) is 2.92. The zero-order valence-corrected chi connectivity index (χ0v) is 8.57. The molecule has 2 N–H and O–H groups in total. The Morgan fingerprint density at radius 2 is 1.93 bits per heavy atom. The molecule has 4 heteroatoms. The summed E-state index contributed by atoms with van der Waals surface area (Å²) in [6.45, 7) is 1.69. The molecule has 0 unspecified atom stereocenters. The number of carboxylic acid groups (broad SMARTS) is 1. The van der Waals surface area contributed by atoms with Gasteiger partial charge in [0.05, 0.1) is 0 Å². The molecule has 1 aromatic rings. The first kappa shape index (κ1) is 11.1. The van der Waals surface area contributed by atoms with Gasteiger partial charge in [0, 0.05) is 10.1 Å². The molecule has 0 fully saturated rings. The van der Waals surface area contributed by atoms with Crippen molar-refractivity contribution in [3.63, 3.8) is 0 Å². The highest BCUT2D eigenvalue weighted by molar-refractivity contribution is 8.00. The van der Waals surface area contributed by atoms with Crippen LogP contribution in [0.2, 0.25) is 0 Å². The molecular formula is C10H12O3S. The molecular weight excluding hydrogens is 200 g/mol. The average molecular weight is 212 g/mol. The molecule has 0 radical (unpaired) electrons. The van der Waals surface area contributed by atoms with Crippen molar-refractivity contribution in [3.05, 3.63) is 30.3 Å². The first-order valence-electron chi connectivity index (χ1n) is 4.24. The highest BCUT2D eigenvalue weighted by atomic mass is 32.2. The highest BCUT2D eigenvalue weighted by Crippen LogP contribution is 2.24. The Labute approximate surface area is 86.8 Å². The van der Waals surface area contributed by atoms with Crippen LogP contribution in [0.3, 0.4) is 0 Å². The van der Waals surface area contributed by atoms with E-state index < -0.39 is 12.1 Å². The number of carbonyl (C=O) groups is 1. The van der Waals surface area contributed by atoms with Gasteiger partial charge in [0.2, 0.25) is 0 Å². The monoisotopic (exact) mass is 212 g/mol. The molecule has 3 nitrogen and oxygen atoms in total. The number of hydrogen-bond acceptors (Lipinski definition) is 3. The summed E-state index contributed by atoms with van der Waals surface area (Å²) < 4.78 is 0. The Kier molecular flexibility index (Phi) is 3.98. The lowest BCUT2D eigenvalue weighted by atomic mass is 10.3. The predicted molar refractivity (Wildman–Crippen MR) is 55.4 cm³/mol. The fourth-order valence-electron chi connectivity index (χ4n) is 0.979. The van der Waals surface area contributed by atoms with Crippen molar-refractivity contribution in [2.75, 3.05) is 0 Å². The van der Waals surface area contributed by atoms with E-state index in [1.54, 1.807) is 6.92 Å². The maximum absolute atomic E-state index is 10.5. The number of aliphatic carboxylic acids is 1. The first-order chi connectivity index (χ1) is 6.61. The second kappa shape index (κ2) is 5.02. The van der Waals surface area contributed by atoms with Gasteiger partial charge in [-0.05, 0) is 19.1 Å². The van der Waals surface area contributed by atoms with Crippen molar-refractivity contribution in [1.82, 2.24) is 0 Å².